The minimum absolute atomic E-state index is 0.00741. The van der Waals surface area contributed by atoms with Crippen LogP contribution in [0.15, 0.2) is 33.7 Å². The summed E-state index contributed by atoms with van der Waals surface area (Å²) in [6, 6.07) is 5.14. The second kappa shape index (κ2) is 5.70. The molecule has 2 atom stereocenters. The third-order valence-electron chi connectivity index (χ3n) is 4.00. The zero-order valence-corrected chi connectivity index (χ0v) is 13.5. The van der Waals surface area contributed by atoms with Crippen molar-refractivity contribution in [2.75, 3.05) is 6.54 Å². The molecule has 1 N–H and O–H groups in total. The number of benzene rings is 1. The monoisotopic (exact) mass is 340 g/mol. The fourth-order valence-electron chi connectivity index (χ4n) is 3.03. The maximum atomic E-state index is 13.5. The molecule has 0 spiro atoms. The van der Waals surface area contributed by atoms with Gasteiger partial charge in [0.1, 0.15) is 16.4 Å². The average molecular weight is 340 g/mol. The van der Waals surface area contributed by atoms with Crippen LogP contribution < -0.4 is 0 Å². The highest BCUT2D eigenvalue weighted by Gasteiger charge is 2.42. The lowest BCUT2D eigenvalue weighted by atomic mass is 10.0. The molecule has 0 saturated carbocycles. The number of β-amino-alcohol motifs (C(OH)–C–C–N with tert-alkyl or cyclic N) is 1. The lowest BCUT2D eigenvalue weighted by Gasteiger charge is -2.24. The first kappa shape index (κ1) is 16.1. The van der Waals surface area contributed by atoms with E-state index in [1.807, 2.05) is 0 Å². The van der Waals surface area contributed by atoms with Crippen molar-refractivity contribution < 1.29 is 22.4 Å². The third-order valence-corrected chi connectivity index (χ3v) is 6.12. The second-order valence-corrected chi connectivity index (χ2v) is 7.52. The first-order valence-electron chi connectivity index (χ1n) is 7.19. The Morgan fingerprint density at radius 1 is 1.39 bits per heavy atom. The van der Waals surface area contributed by atoms with E-state index in [4.69, 9.17) is 4.52 Å². The van der Waals surface area contributed by atoms with Crippen molar-refractivity contribution in [1.82, 2.24) is 9.46 Å². The summed E-state index contributed by atoms with van der Waals surface area (Å²) < 4.78 is 45.6. The number of aryl methyl sites for hydroxylation is 2. The van der Waals surface area contributed by atoms with Crippen molar-refractivity contribution in [3.8, 4) is 0 Å². The average Bonchev–Trinajstić information content (AvgIpc) is 3.03. The lowest BCUT2D eigenvalue weighted by Crippen LogP contribution is -2.32. The molecule has 124 valence electrons. The Balaban J connectivity index is 2.06. The largest absolute Gasteiger partial charge is 0.392 e. The number of hydrogen-bond donors (Lipinski definition) is 1. The van der Waals surface area contributed by atoms with Gasteiger partial charge in [0.05, 0.1) is 12.1 Å². The summed E-state index contributed by atoms with van der Waals surface area (Å²) in [5, 5.41) is 13.6. The Morgan fingerprint density at radius 3 is 2.74 bits per heavy atom. The summed E-state index contributed by atoms with van der Waals surface area (Å²) in [6.07, 6.45) is -0.593. The van der Waals surface area contributed by atoms with E-state index >= 15 is 0 Å². The topological polar surface area (TPSA) is 83.6 Å². The molecule has 1 saturated heterocycles. The number of aliphatic hydroxyl groups excluding tert-OH is 1. The van der Waals surface area contributed by atoms with Gasteiger partial charge in [0.25, 0.3) is 0 Å². The van der Waals surface area contributed by atoms with E-state index in [0.717, 1.165) is 0 Å². The van der Waals surface area contributed by atoms with E-state index in [1.54, 1.807) is 13.0 Å². The van der Waals surface area contributed by atoms with Crippen LogP contribution >= 0.6 is 0 Å². The lowest BCUT2D eigenvalue weighted by molar-refractivity contribution is 0.188. The van der Waals surface area contributed by atoms with Gasteiger partial charge in [-0.3, -0.25) is 0 Å². The molecule has 0 aliphatic carbocycles. The molecule has 2 aromatic rings. The maximum Gasteiger partial charge on any atom is 0.249 e. The molecule has 1 aromatic heterocycles. The van der Waals surface area contributed by atoms with Gasteiger partial charge in [-0.2, -0.15) is 4.31 Å². The van der Waals surface area contributed by atoms with Crippen LogP contribution in [0.3, 0.4) is 0 Å². The normalized spacial score (nSPS) is 22.6. The van der Waals surface area contributed by atoms with Crippen LogP contribution in [0.25, 0.3) is 0 Å². The molecule has 1 aliphatic heterocycles. The molecule has 23 heavy (non-hydrogen) atoms. The SMILES string of the molecule is Cc1noc(C)c1S(=O)(=O)N1C[C@@H](O)C[C@@H]1c1cccc(F)c1. The molecule has 1 fully saturated rings. The van der Waals surface area contributed by atoms with Gasteiger partial charge < -0.3 is 9.63 Å². The van der Waals surface area contributed by atoms with E-state index in [0.29, 0.717) is 5.56 Å². The Bertz CT molecular complexity index is 814. The van der Waals surface area contributed by atoms with Crippen LogP contribution in [0, 0.1) is 19.7 Å². The van der Waals surface area contributed by atoms with Gasteiger partial charge in [-0.05, 0) is 38.0 Å². The molecule has 3 rings (SSSR count). The first-order valence-corrected chi connectivity index (χ1v) is 8.63. The Labute approximate surface area is 133 Å². The Hall–Kier alpha value is -1.77. The fraction of sp³-hybridized carbons (Fsp3) is 0.400. The first-order chi connectivity index (χ1) is 10.8. The van der Waals surface area contributed by atoms with Gasteiger partial charge >= 0.3 is 0 Å². The molecule has 0 bridgehead atoms. The predicted octanol–water partition coefficient (Wildman–Crippen LogP) is 1.93. The minimum Gasteiger partial charge on any atom is -0.392 e. The Morgan fingerprint density at radius 2 is 2.13 bits per heavy atom. The standard InChI is InChI=1S/C15H17FN2O4S/c1-9-15(10(2)22-17-9)23(20,21)18-8-13(19)7-14(18)11-4-3-5-12(16)6-11/h3-6,13-14,19H,7-8H2,1-2H3/t13-,14+/m0/s1. The smallest absolute Gasteiger partial charge is 0.249 e. The predicted molar refractivity (Wildman–Crippen MR) is 79.6 cm³/mol. The number of sulfonamides is 1. The number of nitrogens with zero attached hydrogens (tertiary/aromatic N) is 2. The fourth-order valence-corrected chi connectivity index (χ4v) is 4.98. The van der Waals surface area contributed by atoms with Gasteiger partial charge in [0, 0.05) is 6.54 Å². The summed E-state index contributed by atoms with van der Waals surface area (Å²) >= 11 is 0. The van der Waals surface area contributed by atoms with Gasteiger partial charge in [-0.1, -0.05) is 17.3 Å². The number of aromatic nitrogens is 1. The highest BCUT2D eigenvalue weighted by atomic mass is 32.2. The molecule has 1 aromatic carbocycles. The van der Waals surface area contributed by atoms with Crippen LogP contribution in [0.4, 0.5) is 4.39 Å². The summed E-state index contributed by atoms with van der Waals surface area (Å²) in [7, 11) is -3.91. The van der Waals surface area contributed by atoms with Gasteiger partial charge in [0.15, 0.2) is 5.76 Å². The van der Waals surface area contributed by atoms with E-state index in [1.165, 1.54) is 29.4 Å². The van der Waals surface area contributed by atoms with Gasteiger partial charge in [-0.15, -0.1) is 0 Å². The van der Waals surface area contributed by atoms with Crippen molar-refractivity contribution in [3.05, 3.63) is 47.1 Å². The van der Waals surface area contributed by atoms with Crippen molar-refractivity contribution in [1.29, 1.82) is 0 Å². The summed E-state index contributed by atoms with van der Waals surface area (Å²) in [6.45, 7) is 3.03. The molecular weight excluding hydrogens is 323 g/mol. The van der Waals surface area contributed by atoms with Crippen molar-refractivity contribution >= 4 is 10.0 Å². The van der Waals surface area contributed by atoms with Crippen molar-refractivity contribution in [2.24, 2.45) is 0 Å². The molecule has 6 nitrogen and oxygen atoms in total. The number of aliphatic hydroxyl groups is 1. The van der Waals surface area contributed by atoms with Crippen LogP contribution in [0.2, 0.25) is 0 Å². The quantitative estimate of drug-likeness (QED) is 0.923. The molecule has 0 radical (unpaired) electrons. The van der Waals surface area contributed by atoms with E-state index in [2.05, 4.69) is 5.16 Å². The highest BCUT2D eigenvalue weighted by molar-refractivity contribution is 7.89. The molecule has 8 heteroatoms. The van der Waals surface area contributed by atoms with Gasteiger partial charge in [0.2, 0.25) is 10.0 Å². The zero-order chi connectivity index (χ0) is 16.8. The van der Waals surface area contributed by atoms with Crippen LogP contribution in [-0.4, -0.2) is 35.6 Å². The third kappa shape index (κ3) is 2.77. The van der Waals surface area contributed by atoms with E-state index in [9.17, 15) is 17.9 Å². The number of rotatable bonds is 3. The van der Waals surface area contributed by atoms with Crippen LogP contribution in [-0.2, 0) is 10.0 Å². The van der Waals surface area contributed by atoms with E-state index < -0.39 is 28.0 Å². The maximum absolute atomic E-state index is 13.5. The highest BCUT2D eigenvalue weighted by Crippen LogP contribution is 2.38. The number of halogens is 1. The van der Waals surface area contributed by atoms with Crippen molar-refractivity contribution in [2.45, 2.75) is 37.3 Å². The Kier molecular flexibility index (Phi) is 3.99. The number of hydrogen-bond acceptors (Lipinski definition) is 5. The second-order valence-electron chi connectivity index (χ2n) is 5.69. The zero-order valence-electron chi connectivity index (χ0n) is 12.7. The molecule has 2 heterocycles. The molecule has 0 amide bonds. The van der Waals surface area contributed by atoms with Crippen LogP contribution in [0.5, 0.6) is 0 Å². The molecule has 0 unspecified atom stereocenters. The van der Waals surface area contributed by atoms with Crippen molar-refractivity contribution in [3.63, 3.8) is 0 Å². The molecule has 1 aliphatic rings. The van der Waals surface area contributed by atoms with Crippen LogP contribution in [0.1, 0.15) is 29.5 Å². The van der Waals surface area contributed by atoms with Gasteiger partial charge in [-0.25, -0.2) is 12.8 Å². The summed E-state index contributed by atoms with van der Waals surface area (Å²) in [5.74, 6) is -0.250. The molecular formula is C15H17FN2O4S. The summed E-state index contributed by atoms with van der Waals surface area (Å²) in [4.78, 5) is 0.00741. The minimum atomic E-state index is -3.91. The summed E-state index contributed by atoms with van der Waals surface area (Å²) in [5.41, 5.74) is 0.777. The van der Waals surface area contributed by atoms with E-state index in [-0.39, 0.29) is 29.3 Å².